The van der Waals surface area contributed by atoms with Crippen molar-refractivity contribution in [2.24, 2.45) is 0 Å². The molecule has 1 heterocycles. The maximum atomic E-state index is 12.4. The van der Waals surface area contributed by atoms with E-state index in [9.17, 15) is 9.59 Å². The van der Waals surface area contributed by atoms with Crippen LogP contribution in [0.4, 0.5) is 0 Å². The second-order valence-corrected chi connectivity index (χ2v) is 7.00. The summed E-state index contributed by atoms with van der Waals surface area (Å²) in [5.74, 6) is 1.61. The largest absolute Gasteiger partial charge is 0.493 e. The van der Waals surface area contributed by atoms with E-state index in [-0.39, 0.29) is 23.9 Å². The number of hydrogen-bond acceptors (Lipinski definition) is 6. The Kier molecular flexibility index (Phi) is 7.92. The van der Waals surface area contributed by atoms with Gasteiger partial charge in [-0.25, -0.2) is 0 Å². The molecule has 1 aromatic carbocycles. The first-order valence-corrected chi connectivity index (χ1v) is 9.41. The topological polar surface area (TPSA) is 89.1 Å². The molecule has 2 atom stereocenters. The highest BCUT2D eigenvalue weighted by molar-refractivity contribution is 5.76. The molecule has 1 aromatic rings. The van der Waals surface area contributed by atoms with Gasteiger partial charge in [-0.2, -0.15) is 0 Å². The first-order chi connectivity index (χ1) is 13.4. The van der Waals surface area contributed by atoms with E-state index in [1.807, 2.05) is 19.2 Å². The number of carbonyl (C=O) groups is 2. The van der Waals surface area contributed by atoms with Crippen LogP contribution in [-0.4, -0.2) is 63.7 Å². The van der Waals surface area contributed by atoms with Gasteiger partial charge < -0.3 is 24.8 Å². The SMILES string of the molecule is COc1cc(CNC(=O)C[C@@H]2CC[C@H](CNC(C)=O)N2C)cc(OC)c1OC. The Hall–Kier alpha value is -2.48. The lowest BCUT2D eigenvalue weighted by atomic mass is 10.1. The number of nitrogens with one attached hydrogen (secondary N) is 2. The van der Waals surface area contributed by atoms with E-state index in [0.717, 1.165) is 18.4 Å². The van der Waals surface area contributed by atoms with Crippen LogP contribution in [0.2, 0.25) is 0 Å². The van der Waals surface area contributed by atoms with E-state index < -0.39 is 0 Å². The van der Waals surface area contributed by atoms with Gasteiger partial charge in [-0.05, 0) is 37.6 Å². The van der Waals surface area contributed by atoms with E-state index in [1.54, 1.807) is 21.3 Å². The molecule has 0 saturated carbocycles. The second kappa shape index (κ2) is 10.2. The summed E-state index contributed by atoms with van der Waals surface area (Å²) in [5, 5.41) is 5.82. The smallest absolute Gasteiger partial charge is 0.221 e. The molecule has 8 nitrogen and oxygen atoms in total. The number of ether oxygens (including phenoxy) is 3. The van der Waals surface area contributed by atoms with Crippen molar-refractivity contribution in [2.45, 2.75) is 44.8 Å². The number of hydrogen-bond donors (Lipinski definition) is 2. The highest BCUT2D eigenvalue weighted by Gasteiger charge is 2.31. The van der Waals surface area contributed by atoms with Crippen LogP contribution in [-0.2, 0) is 16.1 Å². The van der Waals surface area contributed by atoms with E-state index in [0.29, 0.717) is 36.8 Å². The first-order valence-electron chi connectivity index (χ1n) is 9.41. The summed E-state index contributed by atoms with van der Waals surface area (Å²) in [6, 6.07) is 4.11. The van der Waals surface area contributed by atoms with Crippen molar-refractivity contribution in [2.75, 3.05) is 34.9 Å². The molecule has 1 aliphatic heterocycles. The third kappa shape index (κ3) is 5.51. The highest BCUT2D eigenvalue weighted by atomic mass is 16.5. The molecular weight excluding hydrogens is 362 g/mol. The lowest BCUT2D eigenvalue weighted by molar-refractivity contribution is -0.122. The summed E-state index contributed by atoms with van der Waals surface area (Å²) in [4.78, 5) is 25.7. The van der Waals surface area contributed by atoms with Crippen molar-refractivity contribution < 1.29 is 23.8 Å². The fourth-order valence-electron chi connectivity index (χ4n) is 3.57. The van der Waals surface area contributed by atoms with Gasteiger partial charge in [0.05, 0.1) is 21.3 Å². The Bertz CT molecular complexity index is 669. The molecule has 2 N–H and O–H groups in total. The Labute approximate surface area is 166 Å². The normalized spacial score (nSPS) is 19.2. The molecule has 8 heteroatoms. The van der Waals surface area contributed by atoms with Crippen molar-refractivity contribution in [1.82, 2.24) is 15.5 Å². The van der Waals surface area contributed by atoms with Crippen LogP contribution in [0.5, 0.6) is 17.2 Å². The van der Waals surface area contributed by atoms with Crippen LogP contribution in [0, 0.1) is 0 Å². The van der Waals surface area contributed by atoms with Crippen LogP contribution in [0.25, 0.3) is 0 Å². The van der Waals surface area contributed by atoms with Crippen LogP contribution in [0.15, 0.2) is 12.1 Å². The molecule has 0 bridgehead atoms. The zero-order valence-corrected chi connectivity index (χ0v) is 17.3. The van der Waals surface area contributed by atoms with Crippen molar-refractivity contribution >= 4 is 11.8 Å². The minimum atomic E-state index is -0.0278. The molecule has 0 radical (unpaired) electrons. The monoisotopic (exact) mass is 393 g/mol. The standard InChI is InChI=1S/C20H31N3O5/c1-13(24)21-12-16-7-6-15(23(16)2)10-19(25)22-11-14-8-17(26-3)20(28-5)18(9-14)27-4/h8-9,15-16H,6-7,10-12H2,1-5H3,(H,21,24)(H,22,25)/t15-,16+/m0/s1. The van der Waals surface area contributed by atoms with Crippen molar-refractivity contribution in [3.8, 4) is 17.2 Å². The van der Waals surface area contributed by atoms with Crippen molar-refractivity contribution in [3.05, 3.63) is 17.7 Å². The number of carbonyl (C=O) groups excluding carboxylic acids is 2. The number of likely N-dealkylation sites (tertiary alicyclic amines) is 1. The number of nitrogens with zero attached hydrogens (tertiary/aromatic N) is 1. The maximum absolute atomic E-state index is 12.4. The van der Waals surface area contributed by atoms with E-state index in [1.165, 1.54) is 6.92 Å². The number of likely N-dealkylation sites (N-methyl/N-ethyl adjacent to an activating group) is 1. The third-order valence-electron chi connectivity index (χ3n) is 5.21. The Morgan fingerprint density at radius 2 is 1.64 bits per heavy atom. The van der Waals surface area contributed by atoms with Gasteiger partial charge in [0.1, 0.15) is 0 Å². The second-order valence-electron chi connectivity index (χ2n) is 7.00. The Morgan fingerprint density at radius 3 is 2.18 bits per heavy atom. The fraction of sp³-hybridized carbons (Fsp3) is 0.600. The molecule has 0 spiro atoms. The molecular formula is C20H31N3O5. The van der Waals surface area contributed by atoms with Gasteiger partial charge in [0.2, 0.25) is 17.6 Å². The van der Waals surface area contributed by atoms with Gasteiger partial charge in [0, 0.05) is 38.5 Å². The minimum Gasteiger partial charge on any atom is -0.493 e. The van der Waals surface area contributed by atoms with Crippen molar-refractivity contribution in [1.29, 1.82) is 0 Å². The number of benzene rings is 1. The molecule has 1 aliphatic rings. The molecule has 28 heavy (non-hydrogen) atoms. The molecule has 0 aliphatic carbocycles. The summed E-state index contributed by atoms with van der Waals surface area (Å²) >= 11 is 0. The summed E-state index contributed by atoms with van der Waals surface area (Å²) in [5.41, 5.74) is 0.867. The van der Waals surface area contributed by atoms with Gasteiger partial charge in [0.15, 0.2) is 11.5 Å². The minimum absolute atomic E-state index is 0.00854. The summed E-state index contributed by atoms with van der Waals surface area (Å²) in [6.45, 7) is 2.51. The molecule has 156 valence electrons. The zero-order chi connectivity index (χ0) is 20.7. The van der Waals surface area contributed by atoms with E-state index >= 15 is 0 Å². The van der Waals surface area contributed by atoms with Gasteiger partial charge in [-0.1, -0.05) is 0 Å². The fourth-order valence-corrected chi connectivity index (χ4v) is 3.57. The van der Waals surface area contributed by atoms with E-state index in [4.69, 9.17) is 14.2 Å². The average molecular weight is 393 g/mol. The lowest BCUT2D eigenvalue weighted by Crippen LogP contribution is -2.41. The molecule has 1 fully saturated rings. The zero-order valence-electron chi connectivity index (χ0n) is 17.3. The van der Waals surface area contributed by atoms with Gasteiger partial charge in [0.25, 0.3) is 0 Å². The summed E-state index contributed by atoms with van der Waals surface area (Å²) < 4.78 is 16.0. The lowest BCUT2D eigenvalue weighted by Gasteiger charge is -2.25. The predicted octanol–water partition coefficient (Wildman–Crippen LogP) is 1.32. The predicted molar refractivity (Wildman–Crippen MR) is 106 cm³/mol. The molecule has 0 unspecified atom stereocenters. The van der Waals surface area contributed by atoms with Crippen LogP contribution < -0.4 is 24.8 Å². The molecule has 2 rings (SSSR count). The van der Waals surface area contributed by atoms with Gasteiger partial charge in [-0.3, -0.25) is 14.5 Å². The van der Waals surface area contributed by atoms with Crippen molar-refractivity contribution in [3.63, 3.8) is 0 Å². The number of methoxy groups -OCH3 is 3. The molecule has 2 amide bonds. The van der Waals surface area contributed by atoms with Crippen LogP contribution in [0.1, 0.15) is 31.7 Å². The van der Waals surface area contributed by atoms with Gasteiger partial charge in [-0.15, -0.1) is 0 Å². The average Bonchev–Trinajstić information content (AvgIpc) is 3.03. The highest BCUT2D eigenvalue weighted by Crippen LogP contribution is 2.38. The number of amides is 2. The quantitative estimate of drug-likeness (QED) is 0.658. The molecule has 0 aromatic heterocycles. The first kappa shape index (κ1) is 21.8. The Balaban J connectivity index is 1.90. The van der Waals surface area contributed by atoms with Crippen LogP contribution >= 0.6 is 0 Å². The van der Waals surface area contributed by atoms with Gasteiger partial charge >= 0.3 is 0 Å². The summed E-state index contributed by atoms with van der Waals surface area (Å²) in [7, 11) is 6.69. The summed E-state index contributed by atoms with van der Waals surface area (Å²) in [6.07, 6.45) is 2.34. The molecule has 1 saturated heterocycles. The number of rotatable bonds is 9. The maximum Gasteiger partial charge on any atom is 0.221 e. The van der Waals surface area contributed by atoms with Crippen LogP contribution in [0.3, 0.4) is 0 Å². The van der Waals surface area contributed by atoms with E-state index in [2.05, 4.69) is 15.5 Å². The Morgan fingerprint density at radius 1 is 1.04 bits per heavy atom. The third-order valence-corrected chi connectivity index (χ3v) is 5.21.